The van der Waals surface area contributed by atoms with Crippen molar-refractivity contribution in [1.29, 1.82) is 0 Å². The number of fused-ring (bicyclic) bond motifs is 4. The second-order valence-electron chi connectivity index (χ2n) is 8.25. The number of hydrogen-bond acceptors (Lipinski definition) is 6. The van der Waals surface area contributed by atoms with Gasteiger partial charge in [-0.2, -0.15) is 5.10 Å². The molecule has 0 saturated heterocycles. The summed E-state index contributed by atoms with van der Waals surface area (Å²) in [5, 5.41) is 10.4. The molecule has 6 rings (SSSR count). The lowest BCUT2D eigenvalue weighted by molar-refractivity contribution is -0.117. The number of ether oxygens (including phenoxy) is 2. The molecular weight excluding hydrogens is 482 g/mol. The number of nitrogens with one attached hydrogen (secondary N) is 1. The van der Waals surface area contributed by atoms with Crippen molar-refractivity contribution in [3.05, 3.63) is 83.3 Å². The Morgan fingerprint density at radius 1 is 1.03 bits per heavy atom. The molecule has 5 aromatic rings. The van der Waals surface area contributed by atoms with E-state index in [1.807, 2.05) is 48.5 Å². The summed E-state index contributed by atoms with van der Waals surface area (Å²) in [6.45, 7) is 0.152. The van der Waals surface area contributed by atoms with Gasteiger partial charge in [0.25, 0.3) is 5.91 Å². The number of benzene rings is 3. The molecule has 3 heterocycles. The summed E-state index contributed by atoms with van der Waals surface area (Å²) in [6.07, 6.45) is 2.91. The summed E-state index contributed by atoms with van der Waals surface area (Å²) in [7, 11) is 0. The molecule has 1 aliphatic heterocycles. The van der Waals surface area contributed by atoms with Crippen molar-refractivity contribution in [2.45, 2.75) is 6.42 Å². The Hall–Kier alpha value is -4.63. The van der Waals surface area contributed by atoms with E-state index in [-0.39, 0.29) is 24.1 Å². The monoisotopic (exact) mass is 499 g/mol. The zero-order chi connectivity index (χ0) is 24.8. The Kier molecular flexibility index (Phi) is 5.19. The van der Waals surface area contributed by atoms with Gasteiger partial charge in [-0.15, -0.1) is 0 Å². The van der Waals surface area contributed by atoms with Crippen molar-refractivity contribution in [3.63, 3.8) is 0 Å². The summed E-state index contributed by atoms with van der Waals surface area (Å²) in [6, 6.07) is 16.5. The van der Waals surface area contributed by atoms with Crippen LogP contribution in [0.15, 0.2) is 67.0 Å². The summed E-state index contributed by atoms with van der Waals surface area (Å²) in [5.41, 5.74) is 8.44. The number of nitrogens with zero attached hydrogens (tertiary/aromatic N) is 3. The maximum Gasteiger partial charge on any atom is 0.257 e. The fraction of sp³-hybridized carbons (Fsp3) is 0.0769. The molecule has 1 aliphatic rings. The smallest absolute Gasteiger partial charge is 0.257 e. The van der Waals surface area contributed by atoms with Gasteiger partial charge in [-0.1, -0.05) is 29.8 Å². The lowest BCUT2D eigenvalue weighted by Crippen LogP contribution is -2.14. The molecular formula is C26H18ClN5O4. The van der Waals surface area contributed by atoms with Crippen LogP contribution in [0.3, 0.4) is 0 Å². The van der Waals surface area contributed by atoms with Crippen LogP contribution in [-0.2, 0) is 11.2 Å². The number of hydrogen-bond donors (Lipinski definition) is 2. The molecule has 0 radical (unpaired) electrons. The first-order valence-electron chi connectivity index (χ1n) is 11.0. The molecule has 2 amide bonds. The third-order valence-electron chi connectivity index (χ3n) is 5.95. The fourth-order valence-corrected chi connectivity index (χ4v) is 4.53. The number of amides is 2. The number of nitrogens with two attached hydrogens (primary N) is 1. The Morgan fingerprint density at radius 2 is 1.86 bits per heavy atom. The molecule has 0 fully saturated rings. The van der Waals surface area contributed by atoms with Crippen molar-refractivity contribution < 1.29 is 19.1 Å². The van der Waals surface area contributed by atoms with Gasteiger partial charge in [0.15, 0.2) is 11.5 Å². The standard InChI is InChI=1S/C26H18ClN5O4/c27-20-12-29-8-7-17(20)26(34)30-15-3-1-14-2-5-18-21(11-24(28)33)31-32(25(18)19(14)9-15)16-4-6-22-23(10-16)36-13-35-22/h1-10,12H,11,13H2,(H2,28,33)(H,30,34). The quantitative estimate of drug-likeness (QED) is 0.373. The summed E-state index contributed by atoms with van der Waals surface area (Å²) in [5.74, 6) is 0.419. The van der Waals surface area contributed by atoms with Gasteiger partial charge in [0.1, 0.15) is 0 Å². The minimum absolute atomic E-state index is 0.0173. The molecule has 0 unspecified atom stereocenters. The first-order chi connectivity index (χ1) is 17.5. The van der Waals surface area contributed by atoms with Crippen LogP contribution in [-0.4, -0.2) is 33.4 Å². The minimum Gasteiger partial charge on any atom is -0.454 e. The Labute approximate surface area is 209 Å². The average Bonchev–Trinajstić information content (AvgIpc) is 3.48. The zero-order valence-electron chi connectivity index (χ0n) is 18.7. The maximum atomic E-state index is 12.8. The number of halogens is 1. The van der Waals surface area contributed by atoms with Crippen LogP contribution in [0.25, 0.3) is 27.4 Å². The number of rotatable bonds is 5. The third kappa shape index (κ3) is 3.75. The van der Waals surface area contributed by atoms with Gasteiger partial charge in [0.05, 0.1) is 33.9 Å². The van der Waals surface area contributed by atoms with Crippen molar-refractivity contribution in [2.75, 3.05) is 12.1 Å². The normalized spacial score (nSPS) is 12.2. The van der Waals surface area contributed by atoms with E-state index < -0.39 is 5.91 Å². The summed E-state index contributed by atoms with van der Waals surface area (Å²) in [4.78, 5) is 28.5. The molecule has 0 saturated carbocycles. The van der Waals surface area contributed by atoms with E-state index in [9.17, 15) is 9.59 Å². The van der Waals surface area contributed by atoms with Gasteiger partial charge in [0.2, 0.25) is 12.7 Å². The van der Waals surface area contributed by atoms with Crippen LogP contribution in [0.1, 0.15) is 16.1 Å². The van der Waals surface area contributed by atoms with Crippen molar-refractivity contribution in [3.8, 4) is 17.2 Å². The second kappa shape index (κ2) is 8.54. The first kappa shape index (κ1) is 21.9. The molecule has 0 spiro atoms. The average molecular weight is 500 g/mol. The zero-order valence-corrected chi connectivity index (χ0v) is 19.5. The van der Waals surface area contributed by atoms with Crippen LogP contribution < -0.4 is 20.5 Å². The summed E-state index contributed by atoms with van der Waals surface area (Å²) >= 11 is 6.14. The maximum absolute atomic E-state index is 12.8. The number of carbonyl (C=O) groups is 2. The highest BCUT2D eigenvalue weighted by atomic mass is 35.5. The summed E-state index contributed by atoms with van der Waals surface area (Å²) < 4.78 is 12.7. The molecule has 3 N–H and O–H groups in total. The molecule has 9 nitrogen and oxygen atoms in total. The van der Waals surface area contributed by atoms with Crippen molar-refractivity contribution >= 4 is 50.8 Å². The van der Waals surface area contributed by atoms with Crippen LogP contribution in [0.5, 0.6) is 11.5 Å². The molecule has 0 atom stereocenters. The molecule has 0 aliphatic carbocycles. The molecule has 36 heavy (non-hydrogen) atoms. The van der Waals surface area contributed by atoms with Gasteiger partial charge in [0, 0.05) is 34.9 Å². The highest BCUT2D eigenvalue weighted by Crippen LogP contribution is 2.37. The van der Waals surface area contributed by atoms with E-state index in [2.05, 4.69) is 10.3 Å². The van der Waals surface area contributed by atoms with Gasteiger partial charge in [-0.3, -0.25) is 14.6 Å². The Morgan fingerprint density at radius 3 is 2.69 bits per heavy atom. The highest BCUT2D eigenvalue weighted by molar-refractivity contribution is 6.34. The van der Waals surface area contributed by atoms with Gasteiger partial charge in [-0.25, -0.2) is 4.68 Å². The molecule has 10 heteroatoms. The van der Waals surface area contributed by atoms with E-state index in [4.69, 9.17) is 31.9 Å². The fourth-order valence-electron chi connectivity index (χ4n) is 4.32. The number of anilines is 1. The minimum atomic E-state index is -0.484. The molecule has 178 valence electrons. The largest absolute Gasteiger partial charge is 0.454 e. The Bertz CT molecular complexity index is 1700. The molecule has 3 aromatic carbocycles. The topological polar surface area (TPSA) is 121 Å². The van der Waals surface area contributed by atoms with E-state index in [0.29, 0.717) is 28.4 Å². The third-order valence-corrected chi connectivity index (χ3v) is 6.26. The van der Waals surface area contributed by atoms with Crippen LogP contribution in [0, 0.1) is 0 Å². The second-order valence-corrected chi connectivity index (χ2v) is 8.65. The number of primary amides is 1. The van der Waals surface area contributed by atoms with Crippen molar-refractivity contribution in [1.82, 2.24) is 14.8 Å². The Balaban J connectivity index is 1.52. The van der Waals surface area contributed by atoms with Crippen LogP contribution in [0.2, 0.25) is 5.02 Å². The van der Waals surface area contributed by atoms with Crippen LogP contribution in [0.4, 0.5) is 5.69 Å². The van der Waals surface area contributed by atoms with E-state index in [1.54, 1.807) is 10.7 Å². The predicted molar refractivity (Wildman–Crippen MR) is 135 cm³/mol. The first-order valence-corrected chi connectivity index (χ1v) is 11.4. The lowest BCUT2D eigenvalue weighted by atomic mass is 10.0. The van der Waals surface area contributed by atoms with Gasteiger partial charge >= 0.3 is 0 Å². The number of pyridine rings is 1. The SMILES string of the molecule is NC(=O)Cc1nn(-c2ccc3c(c2)OCO3)c2c1ccc1ccc(NC(=O)c3ccncc3Cl)cc12. The van der Waals surface area contributed by atoms with Gasteiger partial charge in [-0.05, 0) is 35.7 Å². The molecule has 2 aromatic heterocycles. The van der Waals surface area contributed by atoms with E-state index >= 15 is 0 Å². The predicted octanol–water partition coefficient (Wildman–Crippen LogP) is 4.24. The lowest BCUT2D eigenvalue weighted by Gasteiger charge is -2.10. The highest BCUT2D eigenvalue weighted by Gasteiger charge is 2.20. The van der Waals surface area contributed by atoms with E-state index in [0.717, 1.165) is 27.4 Å². The number of aromatic nitrogens is 3. The van der Waals surface area contributed by atoms with Gasteiger partial charge < -0.3 is 20.5 Å². The van der Waals surface area contributed by atoms with E-state index in [1.165, 1.54) is 12.4 Å². The van der Waals surface area contributed by atoms with Crippen molar-refractivity contribution in [2.24, 2.45) is 5.73 Å². The number of carbonyl (C=O) groups excluding carboxylic acids is 2. The van der Waals surface area contributed by atoms with Crippen LogP contribution >= 0.6 is 11.6 Å². The molecule has 0 bridgehead atoms.